The first-order valence-corrected chi connectivity index (χ1v) is 9.72. The first-order valence-electron chi connectivity index (χ1n) is 9.72. The molecule has 3 rings (SSSR count). The molecule has 0 N–H and O–H groups in total. The molecule has 1 atom stereocenters. The van der Waals surface area contributed by atoms with Crippen molar-refractivity contribution in [2.45, 2.75) is 26.1 Å². The maximum Gasteiger partial charge on any atom is 0.263 e. The normalized spacial score (nSPS) is 11.2. The maximum atomic E-state index is 13.3. The van der Waals surface area contributed by atoms with Gasteiger partial charge in [-0.3, -0.25) is 4.79 Å². The van der Waals surface area contributed by atoms with Gasteiger partial charge in [-0.2, -0.15) is 5.26 Å². The molecule has 0 heterocycles. The van der Waals surface area contributed by atoms with Crippen molar-refractivity contribution in [3.63, 3.8) is 0 Å². The summed E-state index contributed by atoms with van der Waals surface area (Å²) in [5.74, 6) is 0.720. The van der Waals surface area contributed by atoms with Gasteiger partial charge in [0.25, 0.3) is 5.91 Å². The highest BCUT2D eigenvalue weighted by molar-refractivity contribution is 5.81. The van der Waals surface area contributed by atoms with Crippen molar-refractivity contribution in [3.8, 4) is 17.6 Å². The van der Waals surface area contributed by atoms with Crippen molar-refractivity contribution in [2.24, 2.45) is 0 Å². The second kappa shape index (κ2) is 10.1. The monoisotopic (exact) mass is 400 g/mol. The van der Waals surface area contributed by atoms with E-state index in [-0.39, 0.29) is 5.91 Å². The predicted octanol–water partition coefficient (Wildman–Crippen LogP) is 4.56. The fourth-order valence-electron chi connectivity index (χ4n) is 3.15. The maximum absolute atomic E-state index is 13.3. The summed E-state index contributed by atoms with van der Waals surface area (Å²) in [6, 6.07) is 26.7. The molecule has 3 aromatic carbocycles. The van der Waals surface area contributed by atoms with Gasteiger partial charge < -0.3 is 14.4 Å². The van der Waals surface area contributed by atoms with Crippen LogP contribution in [0.1, 0.15) is 23.6 Å². The Hall–Kier alpha value is -3.78. The summed E-state index contributed by atoms with van der Waals surface area (Å²) in [6.45, 7) is 2.68. The Bertz CT molecular complexity index is 972. The molecule has 0 spiro atoms. The topological polar surface area (TPSA) is 62.6 Å². The van der Waals surface area contributed by atoms with Crippen LogP contribution in [-0.2, 0) is 17.9 Å². The van der Waals surface area contributed by atoms with Crippen molar-refractivity contribution in [1.82, 2.24) is 4.90 Å². The standard InChI is InChI=1S/C25H24N2O3/c1-19(30-23-14-13-22(16-26)15-24(23)29-2)25(28)27(17-20-9-5-3-6-10-20)18-21-11-7-4-8-12-21/h3-15,19H,17-18H2,1-2H3/t19-/m0/s1. The third-order valence-corrected chi connectivity index (χ3v) is 4.69. The average Bonchev–Trinajstić information content (AvgIpc) is 2.79. The summed E-state index contributed by atoms with van der Waals surface area (Å²) in [7, 11) is 1.51. The van der Waals surface area contributed by atoms with Gasteiger partial charge >= 0.3 is 0 Å². The summed E-state index contributed by atoms with van der Waals surface area (Å²) in [5, 5.41) is 9.06. The fourth-order valence-corrected chi connectivity index (χ4v) is 3.15. The predicted molar refractivity (Wildman–Crippen MR) is 115 cm³/mol. The number of carbonyl (C=O) groups is 1. The molecule has 0 aliphatic heterocycles. The van der Waals surface area contributed by atoms with Crippen LogP contribution in [0.3, 0.4) is 0 Å². The van der Waals surface area contributed by atoms with E-state index in [1.165, 1.54) is 7.11 Å². The van der Waals surface area contributed by atoms with Crippen LogP contribution < -0.4 is 9.47 Å². The van der Waals surface area contributed by atoms with Crippen molar-refractivity contribution in [1.29, 1.82) is 5.26 Å². The van der Waals surface area contributed by atoms with E-state index in [0.717, 1.165) is 11.1 Å². The molecule has 5 nitrogen and oxygen atoms in total. The molecule has 0 bridgehead atoms. The van der Waals surface area contributed by atoms with Gasteiger partial charge in [0.1, 0.15) is 0 Å². The summed E-state index contributed by atoms with van der Waals surface area (Å²) in [6.07, 6.45) is -0.723. The van der Waals surface area contributed by atoms with Crippen molar-refractivity contribution < 1.29 is 14.3 Å². The molecule has 0 aliphatic carbocycles. The quantitative estimate of drug-likeness (QED) is 0.556. The van der Waals surface area contributed by atoms with Crippen LogP contribution in [0.5, 0.6) is 11.5 Å². The highest BCUT2D eigenvalue weighted by Gasteiger charge is 2.24. The van der Waals surface area contributed by atoms with Crippen molar-refractivity contribution >= 4 is 5.91 Å². The number of rotatable bonds is 8. The molecule has 30 heavy (non-hydrogen) atoms. The minimum absolute atomic E-state index is 0.130. The minimum Gasteiger partial charge on any atom is -0.493 e. The molecule has 3 aromatic rings. The second-order valence-corrected chi connectivity index (χ2v) is 6.90. The molecule has 0 radical (unpaired) electrons. The lowest BCUT2D eigenvalue weighted by molar-refractivity contribution is -0.139. The van der Waals surface area contributed by atoms with Crippen LogP contribution in [0.25, 0.3) is 0 Å². The lowest BCUT2D eigenvalue weighted by Crippen LogP contribution is -2.39. The van der Waals surface area contributed by atoms with Gasteiger partial charge in [-0.15, -0.1) is 0 Å². The zero-order valence-corrected chi connectivity index (χ0v) is 17.1. The molecule has 0 aliphatic rings. The average molecular weight is 400 g/mol. The second-order valence-electron chi connectivity index (χ2n) is 6.90. The molecule has 152 valence electrons. The van der Waals surface area contributed by atoms with Gasteiger partial charge in [-0.1, -0.05) is 60.7 Å². The van der Waals surface area contributed by atoms with Crippen LogP contribution >= 0.6 is 0 Å². The van der Waals surface area contributed by atoms with Gasteiger partial charge in [0, 0.05) is 19.2 Å². The zero-order chi connectivity index (χ0) is 21.3. The summed E-state index contributed by atoms with van der Waals surface area (Å²) in [4.78, 5) is 15.1. The Morgan fingerprint density at radius 1 is 0.933 bits per heavy atom. The molecule has 0 saturated carbocycles. The number of hydrogen-bond donors (Lipinski definition) is 0. The Balaban J connectivity index is 1.80. The molecule has 0 fully saturated rings. The van der Waals surface area contributed by atoms with Crippen molar-refractivity contribution in [3.05, 3.63) is 95.6 Å². The van der Waals surface area contributed by atoms with Gasteiger partial charge in [-0.05, 0) is 30.2 Å². The number of carbonyl (C=O) groups excluding carboxylic acids is 1. The van der Waals surface area contributed by atoms with Crippen LogP contribution in [0.15, 0.2) is 78.9 Å². The highest BCUT2D eigenvalue weighted by atomic mass is 16.5. The SMILES string of the molecule is COc1cc(C#N)ccc1O[C@@H](C)C(=O)N(Cc1ccccc1)Cc1ccccc1. The molecule has 0 aromatic heterocycles. The number of methoxy groups -OCH3 is 1. The van der Waals surface area contributed by atoms with Crippen LogP contribution in [0.4, 0.5) is 0 Å². The van der Waals surface area contributed by atoms with Crippen LogP contribution in [0, 0.1) is 11.3 Å². The molecule has 0 saturated heterocycles. The first-order chi connectivity index (χ1) is 14.6. The van der Waals surface area contributed by atoms with E-state index in [4.69, 9.17) is 14.7 Å². The van der Waals surface area contributed by atoms with Crippen LogP contribution in [0.2, 0.25) is 0 Å². The molecule has 1 amide bonds. The largest absolute Gasteiger partial charge is 0.493 e. The smallest absolute Gasteiger partial charge is 0.263 e. The fraction of sp³-hybridized carbons (Fsp3) is 0.200. The van der Waals surface area contributed by atoms with E-state index in [2.05, 4.69) is 6.07 Å². The third kappa shape index (κ3) is 5.39. The first kappa shape index (κ1) is 20.9. The van der Waals surface area contributed by atoms with E-state index >= 15 is 0 Å². The molecule has 5 heteroatoms. The van der Waals surface area contributed by atoms with Gasteiger partial charge in [-0.25, -0.2) is 0 Å². The van der Waals surface area contributed by atoms with Gasteiger partial charge in [0.2, 0.25) is 0 Å². The van der Waals surface area contributed by atoms with Gasteiger partial charge in [0.15, 0.2) is 17.6 Å². The Morgan fingerprint density at radius 3 is 2.00 bits per heavy atom. The zero-order valence-electron chi connectivity index (χ0n) is 17.1. The number of ether oxygens (including phenoxy) is 2. The molecular formula is C25H24N2O3. The molecule has 0 unspecified atom stereocenters. The lowest BCUT2D eigenvalue weighted by Gasteiger charge is -2.27. The van der Waals surface area contributed by atoms with E-state index in [9.17, 15) is 4.79 Å². The number of nitrogens with zero attached hydrogens (tertiary/aromatic N) is 2. The minimum atomic E-state index is -0.723. The van der Waals surface area contributed by atoms with E-state index in [0.29, 0.717) is 30.2 Å². The van der Waals surface area contributed by atoms with Crippen LogP contribution in [-0.4, -0.2) is 24.0 Å². The third-order valence-electron chi connectivity index (χ3n) is 4.69. The number of hydrogen-bond acceptors (Lipinski definition) is 4. The van der Waals surface area contributed by atoms with Crippen molar-refractivity contribution in [2.75, 3.05) is 7.11 Å². The Kier molecular flexibility index (Phi) is 7.07. The highest BCUT2D eigenvalue weighted by Crippen LogP contribution is 2.29. The summed E-state index contributed by atoms with van der Waals surface area (Å²) in [5.41, 5.74) is 2.56. The Morgan fingerprint density at radius 2 is 1.50 bits per heavy atom. The number of amides is 1. The number of benzene rings is 3. The number of nitriles is 1. The summed E-state index contributed by atoms with van der Waals surface area (Å²) < 4.78 is 11.2. The van der Waals surface area contributed by atoms with E-state index in [1.807, 2.05) is 60.7 Å². The lowest BCUT2D eigenvalue weighted by atomic mass is 10.1. The summed E-state index contributed by atoms with van der Waals surface area (Å²) >= 11 is 0. The molecular weight excluding hydrogens is 376 g/mol. The van der Waals surface area contributed by atoms with Gasteiger partial charge in [0.05, 0.1) is 18.7 Å². The Labute approximate surface area is 177 Å². The van der Waals surface area contributed by atoms with E-state index in [1.54, 1.807) is 30.0 Å². The van der Waals surface area contributed by atoms with E-state index < -0.39 is 6.10 Å².